The molecule has 0 amide bonds. The number of imidazole rings is 1. The number of nitrogens with zero attached hydrogens (tertiary/aromatic N) is 2. The fourth-order valence-electron chi connectivity index (χ4n) is 5.18. The largest absolute Gasteiger partial charge is 0.475 e. The second-order valence-corrected chi connectivity index (χ2v) is 6.71. The van der Waals surface area contributed by atoms with E-state index in [4.69, 9.17) is 5.11 Å². The first-order chi connectivity index (χ1) is 9.63. The van der Waals surface area contributed by atoms with E-state index in [0.717, 1.165) is 11.8 Å². The van der Waals surface area contributed by atoms with Crippen LogP contribution in [0.25, 0.3) is 0 Å². The lowest BCUT2D eigenvalue weighted by atomic mass is 9.54. The molecule has 4 bridgehead atoms. The van der Waals surface area contributed by atoms with Crippen LogP contribution in [-0.4, -0.2) is 26.4 Å². The van der Waals surface area contributed by atoms with E-state index < -0.39 is 11.8 Å². The predicted molar refractivity (Wildman–Crippen MR) is 70.3 cm³/mol. The monoisotopic (exact) mass is 274 g/mol. The average Bonchev–Trinajstić information content (AvgIpc) is 2.85. The number of carbonyl (C=O) groups is 2. The number of Topliss-reactive ketones (excluding diaryl/α,β-unsaturated/α-hetero) is 1. The van der Waals surface area contributed by atoms with Gasteiger partial charge in [0.1, 0.15) is 0 Å². The summed E-state index contributed by atoms with van der Waals surface area (Å²) >= 11 is 0. The Hall–Kier alpha value is -1.65. The molecule has 0 spiro atoms. The van der Waals surface area contributed by atoms with Gasteiger partial charge in [-0.1, -0.05) is 0 Å². The van der Waals surface area contributed by atoms with Crippen molar-refractivity contribution in [1.29, 1.82) is 0 Å². The molecule has 0 radical (unpaired) electrons. The van der Waals surface area contributed by atoms with Crippen molar-refractivity contribution >= 4 is 11.8 Å². The van der Waals surface area contributed by atoms with Crippen molar-refractivity contribution in [2.75, 3.05) is 0 Å². The minimum Gasteiger partial charge on any atom is -0.475 e. The molecule has 5 rings (SSSR count). The highest BCUT2D eigenvalue weighted by Gasteiger charge is 2.49. The molecule has 0 saturated heterocycles. The zero-order valence-electron chi connectivity index (χ0n) is 11.2. The highest BCUT2D eigenvalue weighted by atomic mass is 16.4. The van der Waals surface area contributed by atoms with Crippen molar-refractivity contribution in [2.24, 2.45) is 23.7 Å². The van der Waals surface area contributed by atoms with Gasteiger partial charge in [-0.05, 0) is 55.8 Å². The Kier molecular flexibility index (Phi) is 2.53. The van der Waals surface area contributed by atoms with E-state index in [1.807, 2.05) is 4.57 Å². The van der Waals surface area contributed by atoms with Crippen LogP contribution in [0.5, 0.6) is 0 Å². The summed E-state index contributed by atoms with van der Waals surface area (Å²) in [5, 5.41) is 8.93. The summed E-state index contributed by atoms with van der Waals surface area (Å²) in [5.74, 6) is 0.716. The fourth-order valence-corrected chi connectivity index (χ4v) is 5.18. The molecule has 1 aromatic heterocycles. The molecule has 5 heteroatoms. The maximum atomic E-state index is 11.8. The number of rotatable bonds is 3. The van der Waals surface area contributed by atoms with Gasteiger partial charge in [-0.3, -0.25) is 4.79 Å². The van der Waals surface area contributed by atoms with Crippen molar-refractivity contribution in [3.05, 3.63) is 18.2 Å². The lowest BCUT2D eigenvalue weighted by Gasteiger charge is -2.54. The summed E-state index contributed by atoms with van der Waals surface area (Å²) in [6, 6.07) is 0.281. The number of aromatic nitrogens is 2. The standard InChI is InChI=1S/C15H18N2O3/c18-13(15(19)20)14-16-1-2-17(14)12-10-4-8-3-9(6-10)7-11(12)5-8/h1-2,8-12H,3-7H2,(H,19,20). The molecule has 1 N–H and O–H groups in total. The molecule has 1 aromatic rings. The third-order valence-corrected chi connectivity index (χ3v) is 5.56. The maximum Gasteiger partial charge on any atom is 0.380 e. The first-order valence-electron chi connectivity index (χ1n) is 7.44. The first kappa shape index (κ1) is 12.1. The molecule has 0 unspecified atom stereocenters. The van der Waals surface area contributed by atoms with Crippen LogP contribution in [0, 0.1) is 23.7 Å². The van der Waals surface area contributed by atoms with E-state index in [1.54, 1.807) is 12.4 Å². The normalized spacial score (nSPS) is 38.1. The summed E-state index contributed by atoms with van der Waals surface area (Å²) in [6.45, 7) is 0. The first-order valence-corrected chi connectivity index (χ1v) is 7.44. The number of ketones is 1. The van der Waals surface area contributed by atoms with Crippen LogP contribution >= 0.6 is 0 Å². The van der Waals surface area contributed by atoms with Gasteiger partial charge in [0.05, 0.1) is 0 Å². The lowest BCUT2D eigenvalue weighted by molar-refractivity contribution is -0.131. The van der Waals surface area contributed by atoms with Crippen LogP contribution in [0.3, 0.4) is 0 Å². The number of aliphatic carboxylic acids is 1. The second-order valence-electron chi connectivity index (χ2n) is 6.71. The SMILES string of the molecule is O=C(O)C(=O)c1nccn1C1C2CC3CC(C2)CC1C3. The molecule has 4 fully saturated rings. The van der Waals surface area contributed by atoms with Gasteiger partial charge in [-0.15, -0.1) is 0 Å². The topological polar surface area (TPSA) is 72.2 Å². The molecule has 1 heterocycles. The number of hydrogen-bond donors (Lipinski definition) is 1. The molecule has 4 aliphatic carbocycles. The molecule has 0 atom stereocenters. The average molecular weight is 274 g/mol. The van der Waals surface area contributed by atoms with E-state index in [1.165, 1.54) is 32.1 Å². The molecule has 5 nitrogen and oxygen atoms in total. The van der Waals surface area contributed by atoms with Crippen LogP contribution in [0.15, 0.2) is 12.4 Å². The summed E-state index contributed by atoms with van der Waals surface area (Å²) in [4.78, 5) is 26.7. The molecular formula is C15H18N2O3. The Labute approximate surface area is 117 Å². The van der Waals surface area contributed by atoms with Gasteiger partial charge in [0.2, 0.25) is 0 Å². The summed E-state index contributed by atoms with van der Waals surface area (Å²) in [6.07, 6.45) is 9.66. The van der Waals surface area contributed by atoms with Crippen molar-refractivity contribution < 1.29 is 14.7 Å². The number of carboxylic acid groups (broad SMARTS) is 1. The molecular weight excluding hydrogens is 256 g/mol. The predicted octanol–water partition coefficient (Wildman–Crippen LogP) is 2.15. The van der Waals surface area contributed by atoms with E-state index in [9.17, 15) is 9.59 Å². The Morgan fingerprint density at radius 3 is 2.25 bits per heavy atom. The molecule has 0 aromatic carbocycles. The molecule has 4 aliphatic rings. The minimum atomic E-state index is -1.42. The van der Waals surface area contributed by atoms with Gasteiger partial charge in [0, 0.05) is 18.4 Å². The second kappa shape index (κ2) is 4.17. The zero-order chi connectivity index (χ0) is 13.9. The van der Waals surface area contributed by atoms with E-state index in [2.05, 4.69) is 4.98 Å². The zero-order valence-corrected chi connectivity index (χ0v) is 11.2. The van der Waals surface area contributed by atoms with Gasteiger partial charge in [0.25, 0.3) is 0 Å². The van der Waals surface area contributed by atoms with Gasteiger partial charge >= 0.3 is 11.8 Å². The van der Waals surface area contributed by atoms with E-state index >= 15 is 0 Å². The molecule has 20 heavy (non-hydrogen) atoms. The Bertz CT molecular complexity index is 549. The van der Waals surface area contributed by atoms with Crippen LogP contribution in [-0.2, 0) is 4.79 Å². The molecule has 0 aliphatic heterocycles. The molecule has 4 saturated carbocycles. The summed E-state index contributed by atoms with van der Waals surface area (Å²) in [5.41, 5.74) is 0. The maximum absolute atomic E-state index is 11.8. The van der Waals surface area contributed by atoms with E-state index in [-0.39, 0.29) is 11.9 Å². The van der Waals surface area contributed by atoms with Crippen molar-refractivity contribution in [1.82, 2.24) is 9.55 Å². The van der Waals surface area contributed by atoms with Crippen LogP contribution in [0.4, 0.5) is 0 Å². The third-order valence-electron chi connectivity index (χ3n) is 5.56. The van der Waals surface area contributed by atoms with Crippen molar-refractivity contribution in [3.8, 4) is 0 Å². The highest BCUT2D eigenvalue weighted by molar-refractivity contribution is 6.38. The van der Waals surface area contributed by atoms with Gasteiger partial charge in [-0.2, -0.15) is 0 Å². The molecule has 106 valence electrons. The van der Waals surface area contributed by atoms with E-state index in [0.29, 0.717) is 11.8 Å². The lowest BCUT2D eigenvalue weighted by Crippen LogP contribution is -2.46. The Balaban J connectivity index is 1.70. The van der Waals surface area contributed by atoms with Gasteiger partial charge < -0.3 is 9.67 Å². The van der Waals surface area contributed by atoms with Crippen LogP contribution in [0.2, 0.25) is 0 Å². The highest BCUT2D eigenvalue weighted by Crippen LogP contribution is 2.58. The number of hydrogen-bond acceptors (Lipinski definition) is 3. The number of carbonyl (C=O) groups excluding carboxylic acids is 1. The smallest absolute Gasteiger partial charge is 0.380 e. The van der Waals surface area contributed by atoms with Crippen LogP contribution < -0.4 is 0 Å². The third kappa shape index (κ3) is 1.65. The van der Waals surface area contributed by atoms with Gasteiger partial charge in [0.15, 0.2) is 5.82 Å². The van der Waals surface area contributed by atoms with Crippen molar-refractivity contribution in [2.45, 2.75) is 38.1 Å². The summed E-state index contributed by atoms with van der Waals surface area (Å²) in [7, 11) is 0. The van der Waals surface area contributed by atoms with Gasteiger partial charge in [-0.25, -0.2) is 9.78 Å². The Morgan fingerprint density at radius 1 is 1.10 bits per heavy atom. The quantitative estimate of drug-likeness (QED) is 0.677. The van der Waals surface area contributed by atoms with Crippen molar-refractivity contribution in [3.63, 3.8) is 0 Å². The number of carboxylic acids is 1. The Morgan fingerprint density at radius 2 is 1.70 bits per heavy atom. The minimum absolute atomic E-state index is 0.106. The van der Waals surface area contributed by atoms with Crippen LogP contribution in [0.1, 0.15) is 48.8 Å². The summed E-state index contributed by atoms with van der Waals surface area (Å²) < 4.78 is 1.86. The fraction of sp³-hybridized carbons (Fsp3) is 0.667.